The van der Waals surface area contributed by atoms with Crippen molar-refractivity contribution in [1.29, 1.82) is 0 Å². The molecule has 0 saturated heterocycles. The first-order chi connectivity index (χ1) is 14.2. The van der Waals surface area contributed by atoms with Gasteiger partial charge >= 0.3 is 0 Å². The summed E-state index contributed by atoms with van der Waals surface area (Å²) in [5.41, 5.74) is 3.23. The van der Waals surface area contributed by atoms with Crippen LogP contribution in [0, 0.1) is 6.92 Å². The summed E-state index contributed by atoms with van der Waals surface area (Å²) < 4.78 is 5.06. The van der Waals surface area contributed by atoms with Crippen LogP contribution in [0.4, 0.5) is 5.13 Å². The van der Waals surface area contributed by atoms with E-state index in [2.05, 4.69) is 39.7 Å². The topological polar surface area (TPSA) is 80.9 Å². The summed E-state index contributed by atoms with van der Waals surface area (Å²) in [4.78, 5) is 22.3. The molecule has 0 saturated carbocycles. The number of nitrogens with one attached hydrogen (secondary N) is 1. The van der Waals surface area contributed by atoms with Crippen molar-refractivity contribution in [2.24, 2.45) is 0 Å². The van der Waals surface area contributed by atoms with E-state index in [1.165, 1.54) is 16.9 Å². The molecular weight excluding hydrogens is 384 g/mol. The Morgan fingerprint density at radius 2 is 1.76 bits per heavy atom. The van der Waals surface area contributed by atoms with Gasteiger partial charge in [0, 0.05) is 19.3 Å². The van der Waals surface area contributed by atoms with E-state index in [1.54, 1.807) is 6.92 Å². The van der Waals surface area contributed by atoms with Crippen molar-refractivity contribution in [2.45, 2.75) is 26.2 Å². The van der Waals surface area contributed by atoms with Gasteiger partial charge in [-0.1, -0.05) is 77.2 Å². The number of rotatable bonds is 7. The average molecular weight is 404 g/mol. The molecule has 0 atom stereocenters. The Labute approximate surface area is 172 Å². The molecule has 1 N–H and O–H groups in total. The minimum atomic E-state index is -0.125. The maximum atomic E-state index is 12.4. The zero-order valence-corrected chi connectivity index (χ0v) is 16.8. The van der Waals surface area contributed by atoms with Crippen LogP contribution in [0.25, 0.3) is 10.4 Å². The predicted molar refractivity (Wildman–Crippen MR) is 113 cm³/mol. The van der Waals surface area contributed by atoms with Crippen LogP contribution in [-0.4, -0.2) is 21.0 Å². The van der Waals surface area contributed by atoms with Crippen molar-refractivity contribution < 1.29 is 9.32 Å². The van der Waals surface area contributed by atoms with Gasteiger partial charge in [0.2, 0.25) is 11.8 Å². The van der Waals surface area contributed by atoms with Crippen LogP contribution in [0.1, 0.15) is 29.4 Å². The molecule has 0 radical (unpaired) electrons. The molecule has 2 heterocycles. The number of carbonyl (C=O) groups is 1. The summed E-state index contributed by atoms with van der Waals surface area (Å²) >= 11 is 1.49. The molecule has 0 fully saturated rings. The largest absolute Gasteiger partial charge is 0.339 e. The van der Waals surface area contributed by atoms with Gasteiger partial charge in [0.1, 0.15) is 0 Å². The lowest BCUT2D eigenvalue weighted by Gasteiger charge is -2.02. The van der Waals surface area contributed by atoms with Gasteiger partial charge in [0.05, 0.1) is 10.6 Å². The Morgan fingerprint density at radius 1 is 1.03 bits per heavy atom. The lowest BCUT2D eigenvalue weighted by molar-refractivity contribution is -0.116. The molecular formula is C22H20N4O2S. The zero-order valence-electron chi connectivity index (χ0n) is 16.0. The van der Waals surface area contributed by atoms with Gasteiger partial charge in [-0.25, -0.2) is 4.98 Å². The summed E-state index contributed by atoms with van der Waals surface area (Å²) in [6.07, 6.45) is 1.37. The van der Waals surface area contributed by atoms with E-state index in [0.717, 1.165) is 16.1 Å². The highest BCUT2D eigenvalue weighted by atomic mass is 32.1. The van der Waals surface area contributed by atoms with Crippen LogP contribution in [0.15, 0.2) is 65.2 Å². The quantitative estimate of drug-likeness (QED) is 0.484. The number of nitrogens with zero attached hydrogens (tertiary/aromatic N) is 3. The number of hydrogen-bond donors (Lipinski definition) is 1. The zero-order chi connectivity index (χ0) is 20.1. The number of carbonyl (C=O) groups excluding carboxylic acids is 1. The number of thiazole rings is 1. The minimum absolute atomic E-state index is 0.125. The molecule has 0 aliphatic carbocycles. The SMILES string of the molecule is Cc1noc(CCC(=O)Nc2nc(Cc3ccccc3)c(-c3ccccc3)s2)n1. The summed E-state index contributed by atoms with van der Waals surface area (Å²) in [6, 6.07) is 20.3. The van der Waals surface area contributed by atoms with E-state index in [0.29, 0.717) is 29.7 Å². The average Bonchev–Trinajstić information content (AvgIpc) is 3.33. The second-order valence-corrected chi connectivity index (χ2v) is 7.61. The van der Waals surface area contributed by atoms with E-state index in [1.807, 2.05) is 36.4 Å². The van der Waals surface area contributed by atoms with Crippen LogP contribution in [-0.2, 0) is 17.6 Å². The summed E-state index contributed by atoms with van der Waals surface area (Å²) in [6.45, 7) is 1.75. The first-order valence-electron chi connectivity index (χ1n) is 9.35. The molecule has 0 unspecified atom stereocenters. The normalized spacial score (nSPS) is 10.8. The van der Waals surface area contributed by atoms with Gasteiger partial charge in [-0.15, -0.1) is 0 Å². The number of amides is 1. The number of aryl methyl sites for hydroxylation is 2. The minimum Gasteiger partial charge on any atom is -0.339 e. The van der Waals surface area contributed by atoms with E-state index < -0.39 is 0 Å². The van der Waals surface area contributed by atoms with Crippen molar-refractivity contribution in [3.63, 3.8) is 0 Å². The summed E-state index contributed by atoms with van der Waals surface area (Å²) in [5, 5.41) is 7.25. The molecule has 146 valence electrons. The lowest BCUT2D eigenvalue weighted by Crippen LogP contribution is -2.12. The molecule has 0 aliphatic rings. The van der Waals surface area contributed by atoms with Gasteiger partial charge < -0.3 is 9.84 Å². The Bertz CT molecular complexity index is 1090. The molecule has 29 heavy (non-hydrogen) atoms. The van der Waals surface area contributed by atoms with Crippen molar-refractivity contribution >= 4 is 22.4 Å². The number of aromatic nitrogens is 3. The highest BCUT2D eigenvalue weighted by molar-refractivity contribution is 7.19. The van der Waals surface area contributed by atoms with Crippen LogP contribution in [0.3, 0.4) is 0 Å². The fraction of sp³-hybridized carbons (Fsp3) is 0.182. The predicted octanol–water partition coefficient (Wildman–Crippen LogP) is 4.66. The van der Waals surface area contributed by atoms with E-state index in [4.69, 9.17) is 9.51 Å². The maximum absolute atomic E-state index is 12.4. The van der Waals surface area contributed by atoms with Crippen molar-refractivity contribution in [3.8, 4) is 10.4 Å². The van der Waals surface area contributed by atoms with E-state index in [-0.39, 0.29) is 12.3 Å². The third-order valence-electron chi connectivity index (χ3n) is 4.33. The standard InChI is InChI=1S/C22H20N4O2S/c1-15-23-20(28-26-15)13-12-19(27)25-22-24-18(14-16-8-4-2-5-9-16)21(29-22)17-10-6-3-7-11-17/h2-11H,12-14H2,1H3,(H,24,25,27). The van der Waals surface area contributed by atoms with Crippen molar-refractivity contribution in [3.05, 3.63) is 83.6 Å². The van der Waals surface area contributed by atoms with Crippen LogP contribution in [0.2, 0.25) is 0 Å². The molecule has 6 nitrogen and oxygen atoms in total. The van der Waals surface area contributed by atoms with E-state index >= 15 is 0 Å². The first kappa shape index (κ1) is 19.0. The Kier molecular flexibility index (Phi) is 5.76. The molecule has 2 aromatic carbocycles. The Balaban J connectivity index is 1.51. The molecule has 7 heteroatoms. The van der Waals surface area contributed by atoms with E-state index in [9.17, 15) is 4.79 Å². The Morgan fingerprint density at radius 3 is 2.45 bits per heavy atom. The molecule has 0 bridgehead atoms. The molecule has 0 aliphatic heterocycles. The third kappa shape index (κ3) is 4.94. The Hall–Kier alpha value is -3.32. The van der Waals surface area contributed by atoms with Gasteiger partial charge in [-0.3, -0.25) is 4.79 Å². The molecule has 4 aromatic rings. The fourth-order valence-corrected chi connectivity index (χ4v) is 3.98. The van der Waals surface area contributed by atoms with Crippen LogP contribution in [0.5, 0.6) is 0 Å². The van der Waals surface area contributed by atoms with Crippen molar-refractivity contribution in [1.82, 2.24) is 15.1 Å². The molecule has 2 aromatic heterocycles. The highest BCUT2D eigenvalue weighted by Gasteiger charge is 2.16. The van der Waals surface area contributed by atoms with Crippen molar-refractivity contribution in [2.75, 3.05) is 5.32 Å². The lowest BCUT2D eigenvalue weighted by atomic mass is 10.1. The summed E-state index contributed by atoms with van der Waals surface area (Å²) in [5.74, 6) is 0.908. The van der Waals surface area contributed by atoms with Crippen LogP contribution < -0.4 is 5.32 Å². The maximum Gasteiger partial charge on any atom is 0.227 e. The van der Waals surface area contributed by atoms with Gasteiger partial charge in [0.15, 0.2) is 11.0 Å². The fourth-order valence-electron chi connectivity index (χ4n) is 2.97. The summed E-state index contributed by atoms with van der Waals surface area (Å²) in [7, 11) is 0. The third-order valence-corrected chi connectivity index (χ3v) is 5.39. The second kappa shape index (κ2) is 8.79. The molecule has 0 spiro atoms. The number of anilines is 1. The van der Waals surface area contributed by atoms with Crippen LogP contribution >= 0.6 is 11.3 Å². The van der Waals surface area contributed by atoms with Gasteiger partial charge in [0.25, 0.3) is 0 Å². The smallest absolute Gasteiger partial charge is 0.227 e. The molecule has 1 amide bonds. The monoisotopic (exact) mass is 404 g/mol. The number of benzene rings is 2. The van der Waals surface area contributed by atoms with Gasteiger partial charge in [-0.2, -0.15) is 4.98 Å². The van der Waals surface area contributed by atoms with Gasteiger partial charge in [-0.05, 0) is 18.1 Å². The first-order valence-corrected chi connectivity index (χ1v) is 10.2. The number of hydrogen-bond acceptors (Lipinski definition) is 6. The second-order valence-electron chi connectivity index (χ2n) is 6.61. The highest BCUT2D eigenvalue weighted by Crippen LogP contribution is 2.34. The molecule has 4 rings (SSSR count).